The minimum Gasteiger partial charge on any atom is -0.457 e. The smallest absolute Gasteiger partial charge is 0.294 e. The van der Waals surface area contributed by atoms with Crippen molar-refractivity contribution in [3.63, 3.8) is 0 Å². The topological polar surface area (TPSA) is 50.5 Å². The van der Waals surface area contributed by atoms with Crippen molar-refractivity contribution in [2.24, 2.45) is 0 Å². The van der Waals surface area contributed by atoms with E-state index in [9.17, 15) is 14.0 Å². The quantitative estimate of drug-likeness (QED) is 0.596. The van der Waals surface area contributed by atoms with E-state index in [1.807, 2.05) is 0 Å². The molecule has 0 spiro atoms. The molecule has 2 aromatic rings. The fourth-order valence-electron chi connectivity index (χ4n) is 2.29. The maximum Gasteiger partial charge on any atom is 0.294 e. The molecule has 6 heteroatoms. The summed E-state index contributed by atoms with van der Waals surface area (Å²) in [6, 6.07) is 9.03. The number of amides is 2. The molecular weight excluding hydrogens is 329 g/mol. The van der Waals surface area contributed by atoms with E-state index in [1.54, 1.807) is 31.2 Å². The van der Waals surface area contributed by atoms with Crippen LogP contribution in [0, 0.1) is 5.82 Å². The lowest BCUT2D eigenvalue weighted by atomic mass is 10.2. The number of carbonyl (C=O) groups excluding carboxylic acids is 2. The van der Waals surface area contributed by atoms with Crippen LogP contribution in [0.15, 0.2) is 58.4 Å². The molecule has 0 radical (unpaired) electrons. The zero-order valence-electron chi connectivity index (χ0n) is 12.9. The first-order chi connectivity index (χ1) is 11.5. The second-order valence-corrected chi connectivity index (χ2v) is 6.23. The molecule has 1 aromatic carbocycles. The van der Waals surface area contributed by atoms with Gasteiger partial charge in [0.1, 0.15) is 17.3 Å². The first-order valence-electron chi connectivity index (χ1n) is 7.25. The van der Waals surface area contributed by atoms with Gasteiger partial charge in [-0.15, -0.1) is 6.58 Å². The summed E-state index contributed by atoms with van der Waals surface area (Å²) in [5, 5.41) is -0.337. The van der Waals surface area contributed by atoms with Gasteiger partial charge in [0.15, 0.2) is 0 Å². The Bertz CT molecular complexity index is 855. The Morgan fingerprint density at radius 2 is 2.08 bits per heavy atom. The van der Waals surface area contributed by atoms with E-state index < -0.39 is 0 Å². The van der Waals surface area contributed by atoms with E-state index >= 15 is 0 Å². The predicted molar refractivity (Wildman–Crippen MR) is 91.6 cm³/mol. The van der Waals surface area contributed by atoms with E-state index in [4.69, 9.17) is 4.42 Å². The number of thioether (sulfide) groups is 1. The van der Waals surface area contributed by atoms with Crippen molar-refractivity contribution < 1.29 is 18.4 Å². The number of halogens is 1. The molecule has 0 aliphatic carbocycles. The van der Waals surface area contributed by atoms with E-state index in [0.717, 1.165) is 16.7 Å². The van der Waals surface area contributed by atoms with Crippen molar-refractivity contribution in [2.75, 3.05) is 0 Å². The number of carbonyl (C=O) groups is 2. The lowest BCUT2D eigenvalue weighted by Gasteiger charge is -2.17. The summed E-state index contributed by atoms with van der Waals surface area (Å²) in [6.07, 6.45) is 3.05. The van der Waals surface area contributed by atoms with Crippen LogP contribution in [0.3, 0.4) is 0 Å². The van der Waals surface area contributed by atoms with Gasteiger partial charge in [-0.25, -0.2) is 4.39 Å². The molecule has 0 saturated carbocycles. The molecular formula is C18H14FNO3S. The Labute approximate surface area is 142 Å². The average Bonchev–Trinajstić information content (AvgIpc) is 3.12. The van der Waals surface area contributed by atoms with Crippen molar-refractivity contribution in [1.29, 1.82) is 0 Å². The van der Waals surface area contributed by atoms with Crippen LogP contribution >= 0.6 is 11.8 Å². The third-order valence-electron chi connectivity index (χ3n) is 3.58. The van der Waals surface area contributed by atoms with Crippen molar-refractivity contribution in [3.8, 4) is 11.3 Å². The van der Waals surface area contributed by atoms with Gasteiger partial charge in [-0.1, -0.05) is 18.2 Å². The van der Waals surface area contributed by atoms with Gasteiger partial charge in [0, 0.05) is 11.6 Å². The van der Waals surface area contributed by atoms with Crippen LogP contribution in [-0.2, 0) is 4.79 Å². The van der Waals surface area contributed by atoms with Crippen molar-refractivity contribution in [2.45, 2.75) is 13.0 Å². The van der Waals surface area contributed by atoms with Crippen molar-refractivity contribution in [1.82, 2.24) is 4.90 Å². The summed E-state index contributed by atoms with van der Waals surface area (Å²) < 4.78 is 18.9. The van der Waals surface area contributed by atoms with Crippen LogP contribution in [0.4, 0.5) is 9.18 Å². The second kappa shape index (κ2) is 6.49. The van der Waals surface area contributed by atoms with Crippen molar-refractivity contribution in [3.05, 3.63) is 65.5 Å². The molecule has 1 fully saturated rings. The molecule has 0 N–H and O–H groups in total. The van der Waals surface area contributed by atoms with E-state index in [1.165, 1.54) is 24.3 Å². The minimum atomic E-state index is -0.374. The molecule has 1 saturated heterocycles. The fraction of sp³-hybridized carbons (Fsp3) is 0.111. The second-order valence-electron chi connectivity index (χ2n) is 5.24. The summed E-state index contributed by atoms with van der Waals surface area (Å²) in [7, 11) is 0. The normalized spacial score (nSPS) is 17.6. The number of benzene rings is 1. The van der Waals surface area contributed by atoms with Gasteiger partial charge in [-0.05, 0) is 43.0 Å². The Kier molecular flexibility index (Phi) is 4.40. The van der Waals surface area contributed by atoms with E-state index in [-0.39, 0.29) is 27.9 Å². The first kappa shape index (κ1) is 16.3. The predicted octanol–water partition coefficient (Wildman–Crippen LogP) is 4.70. The molecule has 1 aromatic heterocycles. The molecule has 4 nitrogen and oxygen atoms in total. The minimum absolute atomic E-state index is 0.286. The molecule has 1 atom stereocenters. The van der Waals surface area contributed by atoms with Gasteiger partial charge in [0.2, 0.25) is 0 Å². The summed E-state index contributed by atoms with van der Waals surface area (Å²) in [4.78, 5) is 25.7. The highest BCUT2D eigenvalue weighted by Crippen LogP contribution is 2.34. The van der Waals surface area contributed by atoms with Crippen LogP contribution < -0.4 is 0 Å². The molecule has 122 valence electrons. The van der Waals surface area contributed by atoms with Crippen LogP contribution in [-0.4, -0.2) is 22.1 Å². The third-order valence-corrected chi connectivity index (χ3v) is 4.46. The SMILES string of the molecule is C=CC(C)N1C(=O)S/C(=C/c2ccc(-c3cccc(F)c3)o2)C1=O. The van der Waals surface area contributed by atoms with Crippen LogP contribution in [0.1, 0.15) is 12.7 Å². The largest absolute Gasteiger partial charge is 0.457 e. The number of imide groups is 1. The van der Waals surface area contributed by atoms with Gasteiger partial charge < -0.3 is 4.42 Å². The van der Waals surface area contributed by atoms with Crippen LogP contribution in [0.5, 0.6) is 0 Å². The molecule has 1 unspecified atom stereocenters. The van der Waals surface area contributed by atoms with E-state index in [2.05, 4.69) is 6.58 Å². The Balaban J connectivity index is 1.86. The van der Waals surface area contributed by atoms with Gasteiger partial charge in [-0.3, -0.25) is 14.5 Å². The summed E-state index contributed by atoms with van der Waals surface area (Å²) in [5.41, 5.74) is 0.600. The van der Waals surface area contributed by atoms with Gasteiger partial charge >= 0.3 is 0 Å². The van der Waals surface area contributed by atoms with Crippen LogP contribution in [0.25, 0.3) is 17.4 Å². The van der Waals surface area contributed by atoms with Gasteiger partial charge in [0.05, 0.1) is 10.9 Å². The number of furan rings is 1. The zero-order valence-corrected chi connectivity index (χ0v) is 13.7. The molecule has 2 heterocycles. The lowest BCUT2D eigenvalue weighted by molar-refractivity contribution is -0.123. The molecule has 0 bridgehead atoms. The molecule has 1 aliphatic heterocycles. The maximum absolute atomic E-state index is 13.3. The summed E-state index contributed by atoms with van der Waals surface area (Å²) in [6.45, 7) is 5.33. The fourth-order valence-corrected chi connectivity index (χ4v) is 3.19. The molecule has 24 heavy (non-hydrogen) atoms. The van der Waals surface area contributed by atoms with Gasteiger partial charge in [0.25, 0.3) is 11.1 Å². The average molecular weight is 343 g/mol. The Morgan fingerprint density at radius 1 is 1.29 bits per heavy atom. The molecule has 2 amide bonds. The summed E-state index contributed by atoms with van der Waals surface area (Å²) >= 11 is 0.859. The number of hydrogen-bond acceptors (Lipinski definition) is 4. The van der Waals surface area contributed by atoms with Gasteiger partial charge in [-0.2, -0.15) is 0 Å². The highest BCUT2D eigenvalue weighted by atomic mass is 32.2. The van der Waals surface area contributed by atoms with Crippen LogP contribution in [0.2, 0.25) is 0 Å². The first-order valence-corrected chi connectivity index (χ1v) is 8.06. The Morgan fingerprint density at radius 3 is 2.79 bits per heavy atom. The summed E-state index contributed by atoms with van der Waals surface area (Å²) in [5.74, 6) is 0.177. The standard InChI is InChI=1S/C18H14FNO3S/c1-3-11(2)20-17(21)16(24-18(20)22)10-14-7-8-15(23-14)12-5-4-6-13(19)9-12/h3-11H,1H2,2H3/b16-10+. The zero-order chi connectivity index (χ0) is 17.3. The molecule has 3 rings (SSSR count). The molecule has 1 aliphatic rings. The maximum atomic E-state index is 13.3. The highest BCUT2D eigenvalue weighted by molar-refractivity contribution is 8.18. The lowest BCUT2D eigenvalue weighted by Crippen LogP contribution is -2.35. The Hall–Kier alpha value is -2.60. The third kappa shape index (κ3) is 3.05. The number of rotatable bonds is 4. The van der Waals surface area contributed by atoms with Crippen molar-refractivity contribution >= 4 is 29.0 Å². The monoisotopic (exact) mass is 343 g/mol. The number of hydrogen-bond donors (Lipinski definition) is 0. The van der Waals surface area contributed by atoms with E-state index in [0.29, 0.717) is 17.1 Å². The number of nitrogens with zero attached hydrogens (tertiary/aromatic N) is 1. The highest BCUT2D eigenvalue weighted by Gasteiger charge is 2.37.